The molecule has 10 heavy (non-hydrogen) atoms. The molecule has 0 amide bonds. The second-order valence-electron chi connectivity index (χ2n) is 2.03. The fourth-order valence-electron chi connectivity index (χ4n) is 0.905. The number of nitrogens with two attached hydrogens (primary N) is 1. The van der Waals surface area contributed by atoms with Gasteiger partial charge in [-0.15, -0.1) is 0 Å². The first kappa shape index (κ1) is 7.09. The predicted octanol–water partition coefficient (Wildman–Crippen LogP) is 0.520. The van der Waals surface area contributed by atoms with E-state index in [4.69, 9.17) is 4.74 Å². The Bertz CT molecular complexity index is 187. The Labute approximate surface area is 60.8 Å². The molecule has 0 saturated carbocycles. The number of hydrogen-bond donors (Lipinski definition) is 1. The summed E-state index contributed by atoms with van der Waals surface area (Å²) in [6.45, 7) is 0. The topological polar surface area (TPSA) is 25.8 Å². The normalized spacial score (nSPS) is 9.40. The first-order chi connectivity index (χ1) is 4.88. The summed E-state index contributed by atoms with van der Waals surface area (Å²) in [5.74, 6) is 0.935. The molecular weight excluding hydrogens is 126 g/mol. The molecule has 54 valence electrons. The Morgan fingerprint density at radius 2 is 2.00 bits per heavy atom. The number of hydrogen-bond acceptors (Lipinski definition) is 1. The zero-order chi connectivity index (χ0) is 7.40. The molecule has 0 spiro atoms. The Balaban J connectivity index is 2.96. The summed E-state index contributed by atoms with van der Waals surface area (Å²) in [4.78, 5) is 0. The lowest BCUT2D eigenvalue weighted by Gasteiger charge is -2.01. The number of rotatable bonds is 2. The van der Waals surface area contributed by atoms with Gasteiger partial charge in [0.05, 0.1) is 14.2 Å². The van der Waals surface area contributed by atoms with Crippen molar-refractivity contribution in [1.82, 2.24) is 0 Å². The minimum absolute atomic E-state index is 0.935. The van der Waals surface area contributed by atoms with Crippen molar-refractivity contribution in [3.8, 4) is 5.75 Å². The van der Waals surface area contributed by atoms with Crippen molar-refractivity contribution in [2.45, 2.75) is 0 Å². The molecule has 2 heteroatoms. The summed E-state index contributed by atoms with van der Waals surface area (Å²) >= 11 is 0. The maximum Gasteiger partial charge on any atom is 0.179 e. The van der Waals surface area contributed by atoms with Gasteiger partial charge in [-0.1, -0.05) is 12.1 Å². The number of para-hydroxylation sites is 2. The highest BCUT2D eigenvalue weighted by atomic mass is 16.5. The lowest BCUT2D eigenvalue weighted by molar-refractivity contribution is -0.540. The number of benzene rings is 1. The van der Waals surface area contributed by atoms with Crippen LogP contribution in [0.15, 0.2) is 24.3 Å². The van der Waals surface area contributed by atoms with E-state index in [1.54, 1.807) is 7.11 Å². The van der Waals surface area contributed by atoms with E-state index < -0.39 is 0 Å². The summed E-state index contributed by atoms with van der Waals surface area (Å²) in [7, 11) is 3.68. The van der Waals surface area contributed by atoms with Crippen molar-refractivity contribution in [3.63, 3.8) is 0 Å². The van der Waals surface area contributed by atoms with Crippen LogP contribution in [0, 0.1) is 0 Å². The fourth-order valence-corrected chi connectivity index (χ4v) is 0.905. The van der Waals surface area contributed by atoms with Crippen LogP contribution in [0.1, 0.15) is 0 Å². The Hall–Kier alpha value is -1.02. The Kier molecular flexibility index (Phi) is 2.29. The van der Waals surface area contributed by atoms with E-state index in [-0.39, 0.29) is 0 Å². The van der Waals surface area contributed by atoms with Crippen LogP contribution in [0.5, 0.6) is 5.75 Å². The van der Waals surface area contributed by atoms with Crippen molar-refractivity contribution < 1.29 is 10.1 Å². The molecule has 0 unspecified atom stereocenters. The molecule has 1 aromatic rings. The monoisotopic (exact) mass is 138 g/mol. The molecule has 0 bridgehead atoms. The summed E-state index contributed by atoms with van der Waals surface area (Å²) in [5, 5.41) is 2.03. The smallest absolute Gasteiger partial charge is 0.179 e. The van der Waals surface area contributed by atoms with Crippen molar-refractivity contribution in [2.75, 3.05) is 14.2 Å². The van der Waals surface area contributed by atoms with Crippen LogP contribution in [0.3, 0.4) is 0 Å². The number of quaternary nitrogens is 1. The van der Waals surface area contributed by atoms with E-state index in [1.807, 2.05) is 36.6 Å². The lowest BCUT2D eigenvalue weighted by Crippen LogP contribution is -2.72. The van der Waals surface area contributed by atoms with E-state index >= 15 is 0 Å². The molecule has 0 saturated heterocycles. The molecule has 0 fully saturated rings. The van der Waals surface area contributed by atoms with Crippen LogP contribution in [-0.2, 0) is 0 Å². The zero-order valence-corrected chi connectivity index (χ0v) is 6.29. The average Bonchev–Trinajstić information content (AvgIpc) is 2.04. The van der Waals surface area contributed by atoms with Gasteiger partial charge < -0.3 is 10.1 Å². The van der Waals surface area contributed by atoms with Crippen molar-refractivity contribution in [1.29, 1.82) is 0 Å². The molecule has 2 nitrogen and oxygen atoms in total. The molecule has 0 radical (unpaired) electrons. The quantitative estimate of drug-likeness (QED) is 0.592. The van der Waals surface area contributed by atoms with Gasteiger partial charge >= 0.3 is 0 Å². The fraction of sp³-hybridized carbons (Fsp3) is 0.250. The van der Waals surface area contributed by atoms with Gasteiger partial charge in [0.1, 0.15) is 0 Å². The third kappa shape index (κ3) is 1.28. The molecular formula is C8H12NO+. The molecule has 0 heterocycles. The van der Waals surface area contributed by atoms with Gasteiger partial charge in [-0.25, -0.2) is 0 Å². The van der Waals surface area contributed by atoms with Gasteiger partial charge in [0, 0.05) is 6.07 Å². The molecule has 1 aromatic carbocycles. The minimum Gasteiger partial charge on any atom is -0.491 e. The summed E-state index contributed by atoms with van der Waals surface area (Å²) in [5.41, 5.74) is 1.14. The molecule has 2 N–H and O–H groups in total. The SMILES string of the molecule is C[NH2+]c1ccccc1OC. The van der Waals surface area contributed by atoms with Crippen LogP contribution in [0.25, 0.3) is 0 Å². The largest absolute Gasteiger partial charge is 0.491 e. The van der Waals surface area contributed by atoms with Crippen molar-refractivity contribution in [3.05, 3.63) is 24.3 Å². The standard InChI is InChI=1S/C8H11NO/c1-9-7-5-3-4-6-8(7)10-2/h3-6,9H,1-2H3/p+1. The van der Waals surface area contributed by atoms with Crippen molar-refractivity contribution >= 4 is 5.69 Å². The average molecular weight is 138 g/mol. The second kappa shape index (κ2) is 3.22. The van der Waals surface area contributed by atoms with Crippen LogP contribution in [0.2, 0.25) is 0 Å². The second-order valence-corrected chi connectivity index (χ2v) is 2.03. The molecule has 0 aliphatic carbocycles. The van der Waals surface area contributed by atoms with Gasteiger partial charge in [0.25, 0.3) is 0 Å². The van der Waals surface area contributed by atoms with E-state index in [2.05, 4.69) is 0 Å². The van der Waals surface area contributed by atoms with Gasteiger partial charge in [-0.3, -0.25) is 0 Å². The predicted molar refractivity (Wildman–Crippen MR) is 40.5 cm³/mol. The van der Waals surface area contributed by atoms with E-state index in [0.717, 1.165) is 11.4 Å². The molecule has 0 aliphatic rings. The van der Waals surface area contributed by atoms with Crippen LogP contribution < -0.4 is 10.1 Å². The van der Waals surface area contributed by atoms with Gasteiger partial charge in [-0.2, -0.15) is 0 Å². The Morgan fingerprint density at radius 1 is 1.30 bits per heavy atom. The van der Waals surface area contributed by atoms with Gasteiger partial charge in [0.15, 0.2) is 11.4 Å². The van der Waals surface area contributed by atoms with Crippen LogP contribution >= 0.6 is 0 Å². The maximum atomic E-state index is 5.10. The molecule has 1 rings (SSSR count). The van der Waals surface area contributed by atoms with Gasteiger partial charge in [-0.05, 0) is 6.07 Å². The maximum absolute atomic E-state index is 5.10. The molecule has 0 aromatic heterocycles. The summed E-state index contributed by atoms with van der Waals surface area (Å²) < 4.78 is 5.10. The van der Waals surface area contributed by atoms with E-state index in [0.29, 0.717) is 0 Å². The van der Waals surface area contributed by atoms with E-state index in [1.165, 1.54) is 0 Å². The minimum atomic E-state index is 0.935. The first-order valence-corrected chi connectivity index (χ1v) is 3.31. The first-order valence-electron chi connectivity index (χ1n) is 3.31. The third-order valence-corrected chi connectivity index (χ3v) is 1.45. The van der Waals surface area contributed by atoms with E-state index in [9.17, 15) is 0 Å². The highest BCUT2D eigenvalue weighted by molar-refractivity contribution is 5.44. The summed E-state index contributed by atoms with van der Waals surface area (Å²) in [6, 6.07) is 7.94. The van der Waals surface area contributed by atoms with Gasteiger partial charge in [0.2, 0.25) is 0 Å². The van der Waals surface area contributed by atoms with Crippen LogP contribution in [0.4, 0.5) is 5.69 Å². The highest BCUT2D eigenvalue weighted by Crippen LogP contribution is 2.16. The number of methoxy groups -OCH3 is 1. The third-order valence-electron chi connectivity index (χ3n) is 1.45. The summed E-state index contributed by atoms with van der Waals surface area (Å²) in [6.07, 6.45) is 0. The van der Waals surface area contributed by atoms with Crippen LogP contribution in [-0.4, -0.2) is 14.2 Å². The highest BCUT2D eigenvalue weighted by Gasteiger charge is 1.99. The Morgan fingerprint density at radius 3 is 2.50 bits per heavy atom. The molecule has 0 atom stereocenters. The van der Waals surface area contributed by atoms with Crippen molar-refractivity contribution in [2.24, 2.45) is 0 Å². The zero-order valence-electron chi connectivity index (χ0n) is 6.29. The molecule has 0 aliphatic heterocycles. The lowest BCUT2D eigenvalue weighted by atomic mass is 10.3. The number of ether oxygens (including phenoxy) is 1.